The Bertz CT molecular complexity index is 972. The van der Waals surface area contributed by atoms with Crippen molar-refractivity contribution in [3.05, 3.63) is 70.9 Å². The van der Waals surface area contributed by atoms with E-state index in [1.165, 1.54) is 11.8 Å². The fourth-order valence-corrected chi connectivity index (χ4v) is 4.36. The molecular formula is C25H30N2O5. The largest absolute Gasteiger partial charge is 0.503 e. The van der Waals surface area contributed by atoms with Crippen molar-refractivity contribution in [1.29, 1.82) is 0 Å². The SMILES string of the molecule is CC(C)c1ccc([C@@H]2C(C(=O)c3ccco3)=C(O)C(=O)N2CCCN2CCOCC2)cc1. The summed E-state index contributed by atoms with van der Waals surface area (Å²) in [6.07, 6.45) is 2.15. The van der Waals surface area contributed by atoms with E-state index in [0.717, 1.165) is 44.8 Å². The van der Waals surface area contributed by atoms with Crippen LogP contribution in [0.2, 0.25) is 0 Å². The van der Waals surface area contributed by atoms with E-state index in [9.17, 15) is 14.7 Å². The van der Waals surface area contributed by atoms with Crippen LogP contribution in [-0.4, -0.2) is 66.0 Å². The first-order valence-corrected chi connectivity index (χ1v) is 11.2. The van der Waals surface area contributed by atoms with Crippen LogP contribution < -0.4 is 0 Å². The molecule has 32 heavy (non-hydrogen) atoms. The predicted octanol–water partition coefficient (Wildman–Crippen LogP) is 3.70. The van der Waals surface area contributed by atoms with Crippen molar-refractivity contribution >= 4 is 11.7 Å². The number of Topliss-reactive ketones (excluding diaryl/α,β-unsaturated/α-hetero) is 1. The molecular weight excluding hydrogens is 408 g/mol. The van der Waals surface area contributed by atoms with Crippen LogP contribution in [0.1, 0.15) is 53.9 Å². The Morgan fingerprint density at radius 2 is 1.84 bits per heavy atom. The van der Waals surface area contributed by atoms with Crippen molar-refractivity contribution in [2.24, 2.45) is 0 Å². The van der Waals surface area contributed by atoms with Crippen molar-refractivity contribution in [2.45, 2.75) is 32.2 Å². The molecule has 1 aromatic carbocycles. The summed E-state index contributed by atoms with van der Waals surface area (Å²) in [5.41, 5.74) is 2.05. The molecule has 1 atom stereocenters. The van der Waals surface area contributed by atoms with Crippen LogP contribution in [-0.2, 0) is 9.53 Å². The molecule has 170 valence electrons. The number of furan rings is 1. The second-order valence-corrected chi connectivity index (χ2v) is 8.60. The molecule has 7 heteroatoms. The summed E-state index contributed by atoms with van der Waals surface area (Å²) in [7, 11) is 0. The Balaban J connectivity index is 1.60. The van der Waals surface area contributed by atoms with E-state index < -0.39 is 23.5 Å². The van der Waals surface area contributed by atoms with Crippen LogP contribution in [0.4, 0.5) is 0 Å². The van der Waals surface area contributed by atoms with Crippen LogP contribution >= 0.6 is 0 Å². The Labute approximate surface area is 188 Å². The van der Waals surface area contributed by atoms with Crippen LogP contribution in [0.3, 0.4) is 0 Å². The van der Waals surface area contributed by atoms with Gasteiger partial charge < -0.3 is 19.2 Å². The third-order valence-corrected chi connectivity index (χ3v) is 6.19. The summed E-state index contributed by atoms with van der Waals surface area (Å²) in [6, 6.07) is 10.4. The molecule has 2 aliphatic rings. The topological polar surface area (TPSA) is 83.2 Å². The number of ether oxygens (including phenoxy) is 1. The summed E-state index contributed by atoms with van der Waals surface area (Å²) >= 11 is 0. The number of nitrogens with zero attached hydrogens (tertiary/aromatic N) is 2. The minimum Gasteiger partial charge on any atom is -0.503 e. The zero-order valence-corrected chi connectivity index (χ0v) is 18.6. The third kappa shape index (κ3) is 4.49. The number of aliphatic hydroxyl groups is 1. The van der Waals surface area contributed by atoms with E-state index in [-0.39, 0.29) is 11.3 Å². The standard InChI is InChI=1S/C25H30N2O5/c1-17(2)18-6-8-19(9-7-18)22-21(23(28)20-5-3-14-32-20)24(29)25(30)27(22)11-4-10-26-12-15-31-16-13-26/h3,5-9,14,17,22,29H,4,10-13,15-16H2,1-2H3/t22-/m1/s1. The van der Waals surface area contributed by atoms with Gasteiger partial charge in [-0.25, -0.2) is 0 Å². The van der Waals surface area contributed by atoms with Gasteiger partial charge in [-0.05, 0) is 35.6 Å². The van der Waals surface area contributed by atoms with Gasteiger partial charge in [-0.15, -0.1) is 0 Å². The molecule has 1 aromatic heterocycles. The number of aliphatic hydroxyl groups excluding tert-OH is 1. The zero-order valence-electron chi connectivity index (χ0n) is 18.6. The molecule has 7 nitrogen and oxygen atoms in total. The van der Waals surface area contributed by atoms with Gasteiger partial charge in [0.15, 0.2) is 11.5 Å². The van der Waals surface area contributed by atoms with Crippen molar-refractivity contribution < 1.29 is 23.8 Å². The summed E-state index contributed by atoms with van der Waals surface area (Å²) in [4.78, 5) is 30.1. The minimum atomic E-state index is -0.647. The maximum atomic E-state index is 13.2. The zero-order chi connectivity index (χ0) is 22.7. The second-order valence-electron chi connectivity index (χ2n) is 8.60. The van der Waals surface area contributed by atoms with Crippen LogP contribution in [0.25, 0.3) is 0 Å². The Hall–Kier alpha value is -2.90. The fourth-order valence-electron chi connectivity index (χ4n) is 4.36. The van der Waals surface area contributed by atoms with Crippen molar-refractivity contribution in [3.63, 3.8) is 0 Å². The number of hydrogen-bond acceptors (Lipinski definition) is 6. The molecule has 0 aliphatic carbocycles. The van der Waals surface area contributed by atoms with Gasteiger partial charge in [0.05, 0.1) is 31.1 Å². The van der Waals surface area contributed by atoms with Crippen LogP contribution in [0, 0.1) is 0 Å². The first-order chi connectivity index (χ1) is 15.5. The summed E-state index contributed by atoms with van der Waals surface area (Å²) in [5, 5.41) is 10.7. The van der Waals surface area contributed by atoms with Gasteiger partial charge in [-0.2, -0.15) is 0 Å². The van der Waals surface area contributed by atoms with E-state index in [0.29, 0.717) is 12.5 Å². The van der Waals surface area contributed by atoms with Crippen LogP contribution in [0.5, 0.6) is 0 Å². The molecule has 0 saturated carbocycles. The van der Waals surface area contributed by atoms with E-state index in [1.54, 1.807) is 17.0 Å². The van der Waals surface area contributed by atoms with Crippen molar-refractivity contribution in [1.82, 2.24) is 9.80 Å². The normalized spacial score (nSPS) is 19.9. The first kappa shape index (κ1) is 22.3. The van der Waals surface area contributed by atoms with Crippen molar-refractivity contribution in [3.8, 4) is 0 Å². The highest BCUT2D eigenvalue weighted by molar-refractivity contribution is 6.15. The highest BCUT2D eigenvalue weighted by atomic mass is 16.5. The lowest BCUT2D eigenvalue weighted by Gasteiger charge is -2.30. The average molecular weight is 439 g/mol. The lowest BCUT2D eigenvalue weighted by atomic mass is 9.93. The maximum absolute atomic E-state index is 13.2. The summed E-state index contributed by atoms with van der Waals surface area (Å²) < 4.78 is 10.7. The molecule has 3 heterocycles. The predicted molar refractivity (Wildman–Crippen MR) is 120 cm³/mol. The van der Waals surface area contributed by atoms with Gasteiger partial charge in [0.25, 0.3) is 5.91 Å². The van der Waals surface area contributed by atoms with Crippen LogP contribution in [0.15, 0.2) is 58.4 Å². The number of morpholine rings is 1. The summed E-state index contributed by atoms with van der Waals surface area (Å²) in [6.45, 7) is 8.68. The Morgan fingerprint density at radius 1 is 1.12 bits per heavy atom. The van der Waals surface area contributed by atoms with Gasteiger partial charge in [0.1, 0.15) is 0 Å². The molecule has 2 aromatic rings. The van der Waals surface area contributed by atoms with Gasteiger partial charge in [0.2, 0.25) is 5.78 Å². The smallest absolute Gasteiger partial charge is 0.290 e. The molecule has 0 radical (unpaired) electrons. The lowest BCUT2D eigenvalue weighted by molar-refractivity contribution is -0.129. The minimum absolute atomic E-state index is 0.0774. The van der Waals surface area contributed by atoms with E-state index in [2.05, 4.69) is 18.7 Å². The Kier molecular flexibility index (Phi) is 6.77. The van der Waals surface area contributed by atoms with Gasteiger partial charge in [-0.3, -0.25) is 14.5 Å². The molecule has 1 saturated heterocycles. The van der Waals surface area contributed by atoms with Gasteiger partial charge in [-0.1, -0.05) is 38.1 Å². The van der Waals surface area contributed by atoms with E-state index >= 15 is 0 Å². The molecule has 0 bridgehead atoms. The average Bonchev–Trinajstić information content (AvgIpc) is 3.43. The Morgan fingerprint density at radius 3 is 2.47 bits per heavy atom. The number of hydrogen-bond donors (Lipinski definition) is 1. The number of rotatable bonds is 8. The highest BCUT2D eigenvalue weighted by Gasteiger charge is 2.44. The quantitative estimate of drug-likeness (QED) is 0.633. The molecule has 1 amide bonds. The molecule has 1 N–H and O–H groups in total. The number of benzene rings is 1. The summed E-state index contributed by atoms with van der Waals surface area (Å²) in [5.74, 6) is -0.990. The lowest BCUT2D eigenvalue weighted by Crippen LogP contribution is -2.39. The second kappa shape index (κ2) is 9.71. The fraction of sp³-hybridized carbons (Fsp3) is 0.440. The number of amides is 1. The molecule has 4 rings (SSSR count). The monoisotopic (exact) mass is 438 g/mol. The number of carbonyl (C=O) groups is 2. The number of ketones is 1. The maximum Gasteiger partial charge on any atom is 0.290 e. The number of carbonyl (C=O) groups excluding carboxylic acids is 2. The highest BCUT2D eigenvalue weighted by Crippen LogP contribution is 2.39. The van der Waals surface area contributed by atoms with E-state index in [1.807, 2.05) is 24.3 Å². The molecule has 1 fully saturated rings. The molecule has 0 spiro atoms. The third-order valence-electron chi connectivity index (χ3n) is 6.19. The molecule has 0 unspecified atom stereocenters. The first-order valence-electron chi connectivity index (χ1n) is 11.2. The van der Waals surface area contributed by atoms with Gasteiger partial charge in [0, 0.05) is 26.2 Å². The van der Waals surface area contributed by atoms with Crippen molar-refractivity contribution in [2.75, 3.05) is 39.4 Å². The molecule has 2 aliphatic heterocycles. The van der Waals surface area contributed by atoms with E-state index in [4.69, 9.17) is 9.15 Å². The van der Waals surface area contributed by atoms with Gasteiger partial charge >= 0.3 is 0 Å².